The number of ether oxygens (including phenoxy) is 2. The van der Waals surface area contributed by atoms with E-state index in [-0.39, 0.29) is 5.91 Å². The Labute approximate surface area is 193 Å². The van der Waals surface area contributed by atoms with Crippen LogP contribution in [0.5, 0.6) is 11.5 Å². The third kappa shape index (κ3) is 5.88. The first-order valence-corrected chi connectivity index (χ1v) is 11.1. The Bertz CT molecular complexity index is 1170. The number of carbonyl (C=O) groups is 1. The molecule has 4 aromatic rings. The molecule has 0 spiro atoms. The number of imidazole rings is 1. The number of rotatable bonds is 11. The lowest BCUT2D eigenvalue weighted by Crippen LogP contribution is -2.26. The zero-order valence-electron chi connectivity index (χ0n) is 18.7. The quantitative estimate of drug-likeness (QED) is 0.350. The summed E-state index contributed by atoms with van der Waals surface area (Å²) in [5.74, 6) is 2.51. The Morgan fingerprint density at radius 1 is 1.00 bits per heavy atom. The largest absolute Gasteiger partial charge is 0.497 e. The SMILES string of the molecule is COc1ccc(OCCCCn2c(CCNC(=O)c3cccnc3)nc3ccccc32)cc1. The van der Waals surface area contributed by atoms with E-state index in [1.807, 2.05) is 42.5 Å². The van der Waals surface area contributed by atoms with Crippen LogP contribution in [0.3, 0.4) is 0 Å². The Morgan fingerprint density at radius 3 is 2.61 bits per heavy atom. The van der Waals surface area contributed by atoms with Crippen LogP contribution in [0.4, 0.5) is 0 Å². The molecule has 0 atom stereocenters. The van der Waals surface area contributed by atoms with Gasteiger partial charge >= 0.3 is 0 Å². The number of methoxy groups -OCH3 is 1. The first kappa shape index (κ1) is 22.3. The van der Waals surface area contributed by atoms with Gasteiger partial charge < -0.3 is 19.4 Å². The van der Waals surface area contributed by atoms with Crippen LogP contribution in [0.2, 0.25) is 0 Å². The van der Waals surface area contributed by atoms with Crippen LogP contribution in [0.15, 0.2) is 73.1 Å². The monoisotopic (exact) mass is 444 g/mol. The first-order chi connectivity index (χ1) is 16.2. The van der Waals surface area contributed by atoms with Crippen molar-refractivity contribution in [3.05, 3.63) is 84.4 Å². The standard InChI is InChI=1S/C26H28N4O3/c1-32-21-10-12-22(13-11-21)33-18-5-4-17-30-24-9-3-2-8-23(24)29-25(30)14-16-28-26(31)20-7-6-15-27-19-20/h2-3,6-13,15,19H,4-5,14,16-18H2,1H3,(H,28,31). The molecule has 4 rings (SSSR count). The lowest BCUT2D eigenvalue weighted by Gasteiger charge is -2.11. The van der Waals surface area contributed by atoms with Crippen LogP contribution in [0.25, 0.3) is 11.0 Å². The van der Waals surface area contributed by atoms with Gasteiger partial charge in [0.25, 0.3) is 5.91 Å². The normalized spacial score (nSPS) is 10.8. The molecule has 7 nitrogen and oxygen atoms in total. The van der Waals surface area contributed by atoms with E-state index in [4.69, 9.17) is 14.5 Å². The third-order valence-electron chi connectivity index (χ3n) is 5.40. The number of nitrogens with zero attached hydrogens (tertiary/aromatic N) is 3. The number of aryl methyl sites for hydroxylation is 1. The molecule has 0 unspecified atom stereocenters. The van der Waals surface area contributed by atoms with Crippen LogP contribution in [0.1, 0.15) is 29.0 Å². The highest BCUT2D eigenvalue weighted by Gasteiger charge is 2.11. The molecule has 33 heavy (non-hydrogen) atoms. The average molecular weight is 445 g/mol. The van der Waals surface area contributed by atoms with Crippen LogP contribution in [-0.4, -0.2) is 40.7 Å². The minimum atomic E-state index is -0.124. The molecule has 0 bridgehead atoms. The zero-order chi connectivity index (χ0) is 22.9. The highest BCUT2D eigenvalue weighted by molar-refractivity contribution is 5.93. The van der Waals surface area contributed by atoms with Gasteiger partial charge in [-0.05, 0) is 61.4 Å². The Balaban J connectivity index is 1.31. The van der Waals surface area contributed by atoms with Crippen molar-refractivity contribution < 1.29 is 14.3 Å². The lowest BCUT2D eigenvalue weighted by molar-refractivity contribution is 0.0953. The number of unbranched alkanes of at least 4 members (excludes halogenated alkanes) is 1. The molecule has 0 fully saturated rings. The number of nitrogens with one attached hydrogen (secondary N) is 1. The van der Waals surface area contributed by atoms with Crippen LogP contribution in [-0.2, 0) is 13.0 Å². The van der Waals surface area contributed by atoms with Gasteiger partial charge in [0.2, 0.25) is 0 Å². The third-order valence-corrected chi connectivity index (χ3v) is 5.40. The molecule has 2 aromatic carbocycles. The molecule has 0 aliphatic heterocycles. The maximum absolute atomic E-state index is 12.3. The Morgan fingerprint density at radius 2 is 1.82 bits per heavy atom. The van der Waals surface area contributed by atoms with Gasteiger partial charge in [-0.2, -0.15) is 0 Å². The molecule has 0 saturated carbocycles. The summed E-state index contributed by atoms with van der Waals surface area (Å²) in [5.41, 5.74) is 2.64. The number of benzene rings is 2. The molecule has 7 heteroatoms. The van der Waals surface area contributed by atoms with Crippen molar-refractivity contribution in [2.75, 3.05) is 20.3 Å². The summed E-state index contributed by atoms with van der Waals surface area (Å²) >= 11 is 0. The molecule has 0 aliphatic carbocycles. The summed E-state index contributed by atoms with van der Waals surface area (Å²) in [6.07, 6.45) is 5.77. The summed E-state index contributed by atoms with van der Waals surface area (Å²) < 4.78 is 13.3. The number of pyridine rings is 1. The van der Waals surface area contributed by atoms with E-state index < -0.39 is 0 Å². The van der Waals surface area contributed by atoms with Crippen molar-refractivity contribution in [1.29, 1.82) is 0 Å². The minimum Gasteiger partial charge on any atom is -0.497 e. The van der Waals surface area contributed by atoms with Gasteiger partial charge in [-0.25, -0.2) is 4.98 Å². The van der Waals surface area contributed by atoms with Gasteiger partial charge in [0.15, 0.2) is 0 Å². The summed E-state index contributed by atoms with van der Waals surface area (Å²) in [7, 11) is 1.65. The molecular weight excluding hydrogens is 416 g/mol. The van der Waals surface area contributed by atoms with E-state index in [0.717, 1.165) is 47.7 Å². The Hall–Kier alpha value is -3.87. The number of carbonyl (C=O) groups excluding carboxylic acids is 1. The average Bonchev–Trinajstić information content (AvgIpc) is 3.22. The number of hydrogen-bond acceptors (Lipinski definition) is 5. The number of amides is 1. The minimum absolute atomic E-state index is 0.124. The van der Waals surface area contributed by atoms with E-state index in [1.165, 1.54) is 0 Å². The summed E-state index contributed by atoms with van der Waals surface area (Å²) in [6, 6.07) is 19.3. The van der Waals surface area contributed by atoms with Crippen molar-refractivity contribution in [2.24, 2.45) is 0 Å². The van der Waals surface area contributed by atoms with E-state index in [9.17, 15) is 4.79 Å². The second kappa shape index (κ2) is 11.1. The molecule has 0 aliphatic rings. The number of fused-ring (bicyclic) bond motifs is 1. The maximum atomic E-state index is 12.3. The van der Waals surface area contributed by atoms with Gasteiger partial charge in [-0.15, -0.1) is 0 Å². The van der Waals surface area contributed by atoms with Crippen molar-refractivity contribution in [2.45, 2.75) is 25.8 Å². The van der Waals surface area contributed by atoms with E-state index >= 15 is 0 Å². The zero-order valence-corrected chi connectivity index (χ0v) is 18.7. The Kier molecular flexibility index (Phi) is 7.53. The van der Waals surface area contributed by atoms with Crippen LogP contribution < -0.4 is 14.8 Å². The lowest BCUT2D eigenvalue weighted by atomic mass is 10.2. The fraction of sp³-hybridized carbons (Fsp3) is 0.269. The summed E-state index contributed by atoms with van der Waals surface area (Å²) in [5, 5.41) is 2.96. The van der Waals surface area contributed by atoms with Crippen molar-refractivity contribution in [1.82, 2.24) is 19.9 Å². The number of hydrogen-bond donors (Lipinski definition) is 1. The van der Waals surface area contributed by atoms with E-state index in [1.54, 1.807) is 31.6 Å². The predicted molar refractivity (Wildman–Crippen MR) is 128 cm³/mol. The maximum Gasteiger partial charge on any atom is 0.252 e. The van der Waals surface area contributed by atoms with Crippen molar-refractivity contribution in [3.63, 3.8) is 0 Å². The number of para-hydroxylation sites is 2. The van der Waals surface area contributed by atoms with Gasteiger partial charge in [-0.3, -0.25) is 9.78 Å². The molecule has 2 heterocycles. The van der Waals surface area contributed by atoms with Crippen LogP contribution >= 0.6 is 0 Å². The molecular formula is C26H28N4O3. The van der Waals surface area contributed by atoms with Crippen molar-refractivity contribution >= 4 is 16.9 Å². The van der Waals surface area contributed by atoms with Gasteiger partial charge in [-0.1, -0.05) is 12.1 Å². The van der Waals surface area contributed by atoms with Crippen molar-refractivity contribution in [3.8, 4) is 11.5 Å². The fourth-order valence-corrected chi connectivity index (χ4v) is 3.69. The number of aromatic nitrogens is 3. The predicted octanol–water partition coefficient (Wildman–Crippen LogP) is 4.27. The topological polar surface area (TPSA) is 78.3 Å². The first-order valence-electron chi connectivity index (χ1n) is 11.1. The second-order valence-electron chi connectivity index (χ2n) is 7.65. The summed E-state index contributed by atoms with van der Waals surface area (Å²) in [4.78, 5) is 21.1. The molecule has 0 radical (unpaired) electrons. The second-order valence-corrected chi connectivity index (χ2v) is 7.65. The fourth-order valence-electron chi connectivity index (χ4n) is 3.69. The molecule has 2 aromatic heterocycles. The van der Waals surface area contributed by atoms with E-state index in [0.29, 0.717) is 25.1 Å². The summed E-state index contributed by atoms with van der Waals surface area (Å²) in [6.45, 7) is 2.01. The smallest absolute Gasteiger partial charge is 0.252 e. The van der Waals surface area contributed by atoms with Gasteiger partial charge in [0, 0.05) is 31.9 Å². The molecule has 0 saturated heterocycles. The highest BCUT2D eigenvalue weighted by Crippen LogP contribution is 2.19. The van der Waals surface area contributed by atoms with Gasteiger partial charge in [0.1, 0.15) is 17.3 Å². The molecule has 1 amide bonds. The molecule has 170 valence electrons. The van der Waals surface area contributed by atoms with Crippen LogP contribution in [0, 0.1) is 0 Å². The highest BCUT2D eigenvalue weighted by atomic mass is 16.5. The molecule has 1 N–H and O–H groups in total. The van der Waals surface area contributed by atoms with Gasteiger partial charge in [0.05, 0.1) is 30.3 Å². The van der Waals surface area contributed by atoms with E-state index in [2.05, 4.69) is 20.9 Å².